The molecule has 0 radical (unpaired) electrons. The summed E-state index contributed by atoms with van der Waals surface area (Å²) in [6, 6.07) is 3.15. The molecule has 1 heterocycles. The van der Waals surface area contributed by atoms with Crippen molar-refractivity contribution in [3.63, 3.8) is 0 Å². The number of carbonyl (C=O) groups is 1. The van der Waals surface area contributed by atoms with Crippen molar-refractivity contribution in [2.45, 2.75) is 24.3 Å². The normalized spacial score (nSPS) is 22.3. The van der Waals surface area contributed by atoms with Gasteiger partial charge in [-0.2, -0.15) is 0 Å². The molecule has 1 aromatic rings. The van der Waals surface area contributed by atoms with Gasteiger partial charge in [-0.3, -0.25) is 0 Å². The fraction of sp³-hybridized carbons (Fsp3) is 0.500. The molecule has 1 aliphatic rings. The Morgan fingerprint density at radius 1 is 1.45 bits per heavy atom. The molecule has 1 aliphatic heterocycles. The first-order chi connectivity index (χ1) is 10.4. The average molecular weight is 330 g/mol. The number of hydrogen-bond donors (Lipinski definition) is 2. The van der Waals surface area contributed by atoms with Crippen LogP contribution in [0.4, 0.5) is 4.39 Å². The Hall–Kier alpha value is -1.51. The number of carbonyl (C=O) groups excluding carboxylic acids is 1. The fourth-order valence-electron chi connectivity index (χ4n) is 2.44. The highest BCUT2D eigenvalue weighted by Gasteiger charge is 2.31. The Morgan fingerprint density at radius 2 is 2.18 bits per heavy atom. The largest absolute Gasteiger partial charge is 0.465 e. The molecule has 122 valence electrons. The Balaban J connectivity index is 2.37. The third-order valence-corrected chi connectivity index (χ3v) is 5.32. The van der Waals surface area contributed by atoms with Crippen LogP contribution in [-0.2, 0) is 14.8 Å². The monoisotopic (exact) mass is 330 g/mol. The molecular weight excluding hydrogens is 311 g/mol. The van der Waals surface area contributed by atoms with Crippen LogP contribution in [0.15, 0.2) is 23.1 Å². The summed E-state index contributed by atoms with van der Waals surface area (Å²) in [5, 5.41) is 3.11. The summed E-state index contributed by atoms with van der Waals surface area (Å²) >= 11 is 0. The molecule has 8 heteroatoms. The maximum atomic E-state index is 13.9. The lowest BCUT2D eigenvalue weighted by Gasteiger charge is -2.30. The van der Waals surface area contributed by atoms with Crippen molar-refractivity contribution in [3.8, 4) is 0 Å². The van der Waals surface area contributed by atoms with Crippen LogP contribution in [0, 0.1) is 11.7 Å². The first-order valence-corrected chi connectivity index (χ1v) is 8.45. The molecule has 1 aromatic carbocycles. The summed E-state index contributed by atoms with van der Waals surface area (Å²) in [6.45, 7) is 3.26. The molecule has 6 nitrogen and oxygen atoms in total. The van der Waals surface area contributed by atoms with Gasteiger partial charge in [-0.15, -0.1) is 0 Å². The van der Waals surface area contributed by atoms with Crippen molar-refractivity contribution in [3.05, 3.63) is 29.6 Å². The predicted octanol–water partition coefficient (Wildman–Crippen LogP) is 0.889. The highest BCUT2D eigenvalue weighted by molar-refractivity contribution is 7.89. The van der Waals surface area contributed by atoms with Crippen molar-refractivity contribution in [1.82, 2.24) is 10.0 Å². The van der Waals surface area contributed by atoms with E-state index in [1.54, 1.807) is 0 Å². The van der Waals surface area contributed by atoms with Crippen LogP contribution < -0.4 is 10.0 Å². The second-order valence-corrected chi connectivity index (χ2v) is 6.98. The van der Waals surface area contributed by atoms with Crippen LogP contribution in [0.5, 0.6) is 0 Å². The number of esters is 1. The Bertz CT molecular complexity index is 663. The number of benzene rings is 1. The van der Waals surface area contributed by atoms with Crippen LogP contribution in [0.1, 0.15) is 23.7 Å². The van der Waals surface area contributed by atoms with E-state index in [-0.39, 0.29) is 12.0 Å². The molecule has 2 N–H and O–H groups in total. The van der Waals surface area contributed by atoms with Gasteiger partial charge in [0.2, 0.25) is 10.0 Å². The van der Waals surface area contributed by atoms with Gasteiger partial charge in [0.05, 0.1) is 12.0 Å². The zero-order valence-corrected chi connectivity index (χ0v) is 13.2. The van der Waals surface area contributed by atoms with Gasteiger partial charge < -0.3 is 10.1 Å². The van der Waals surface area contributed by atoms with Crippen LogP contribution in [0.25, 0.3) is 0 Å². The van der Waals surface area contributed by atoms with Gasteiger partial charge in [-0.1, -0.05) is 13.0 Å². The zero-order valence-electron chi connectivity index (χ0n) is 12.4. The van der Waals surface area contributed by atoms with Gasteiger partial charge in [-0.25, -0.2) is 22.3 Å². The van der Waals surface area contributed by atoms with E-state index in [2.05, 4.69) is 14.8 Å². The summed E-state index contributed by atoms with van der Waals surface area (Å²) in [5.41, 5.74) is -0.575. The minimum Gasteiger partial charge on any atom is -0.465 e. The zero-order chi connectivity index (χ0) is 16.3. The standard InChI is InChI=1S/C14H19FN2O4S/c1-9-6-7-16-8-11(9)17-22(19,20)12-5-3-4-10(15)13(12)14(18)21-2/h3-5,9,11,16-17H,6-8H2,1-2H3. The highest BCUT2D eigenvalue weighted by atomic mass is 32.2. The summed E-state index contributed by atoms with van der Waals surface area (Å²) in [5.74, 6) is -1.80. The number of nitrogens with one attached hydrogen (secondary N) is 2. The molecule has 0 aliphatic carbocycles. The molecule has 2 rings (SSSR count). The summed E-state index contributed by atoms with van der Waals surface area (Å²) < 4.78 is 45.9. The van der Waals surface area contributed by atoms with Crippen molar-refractivity contribution < 1.29 is 22.3 Å². The summed E-state index contributed by atoms with van der Waals surface area (Å²) in [4.78, 5) is 11.3. The van der Waals surface area contributed by atoms with E-state index in [4.69, 9.17) is 0 Å². The summed E-state index contributed by atoms with van der Waals surface area (Å²) in [7, 11) is -2.96. The van der Waals surface area contributed by atoms with E-state index in [0.29, 0.717) is 6.54 Å². The number of rotatable bonds is 4. The maximum absolute atomic E-state index is 13.9. The molecule has 0 aromatic heterocycles. The van der Waals surface area contributed by atoms with E-state index in [1.807, 2.05) is 6.92 Å². The molecule has 0 spiro atoms. The maximum Gasteiger partial charge on any atom is 0.342 e. The van der Waals surface area contributed by atoms with Crippen LogP contribution >= 0.6 is 0 Å². The topological polar surface area (TPSA) is 84.5 Å². The van der Waals surface area contributed by atoms with Crippen molar-refractivity contribution in [1.29, 1.82) is 0 Å². The lowest BCUT2D eigenvalue weighted by atomic mass is 9.96. The average Bonchev–Trinajstić information content (AvgIpc) is 2.48. The van der Waals surface area contributed by atoms with Crippen LogP contribution in [-0.4, -0.2) is 40.6 Å². The van der Waals surface area contributed by atoms with E-state index < -0.39 is 32.3 Å². The van der Waals surface area contributed by atoms with E-state index in [9.17, 15) is 17.6 Å². The molecule has 0 saturated carbocycles. The molecule has 0 amide bonds. The second kappa shape index (κ2) is 6.72. The van der Waals surface area contributed by atoms with Crippen LogP contribution in [0.3, 0.4) is 0 Å². The SMILES string of the molecule is COC(=O)c1c(F)cccc1S(=O)(=O)NC1CNCCC1C. The fourth-order valence-corrected chi connectivity index (χ4v) is 3.99. The van der Waals surface area contributed by atoms with Crippen molar-refractivity contribution in [2.75, 3.05) is 20.2 Å². The molecule has 1 saturated heterocycles. The number of piperidine rings is 1. The van der Waals surface area contributed by atoms with Crippen molar-refractivity contribution >= 4 is 16.0 Å². The number of methoxy groups -OCH3 is 1. The minimum absolute atomic E-state index is 0.145. The lowest BCUT2D eigenvalue weighted by Crippen LogP contribution is -2.50. The van der Waals surface area contributed by atoms with E-state index in [1.165, 1.54) is 12.1 Å². The molecule has 22 heavy (non-hydrogen) atoms. The number of hydrogen-bond acceptors (Lipinski definition) is 5. The smallest absolute Gasteiger partial charge is 0.342 e. The predicted molar refractivity (Wildman–Crippen MR) is 78.5 cm³/mol. The second-order valence-electron chi connectivity index (χ2n) is 5.30. The summed E-state index contributed by atoms with van der Waals surface area (Å²) in [6.07, 6.45) is 0.834. The minimum atomic E-state index is -4.03. The van der Waals surface area contributed by atoms with Crippen molar-refractivity contribution in [2.24, 2.45) is 5.92 Å². The van der Waals surface area contributed by atoms with Gasteiger partial charge in [0.15, 0.2) is 0 Å². The van der Waals surface area contributed by atoms with Gasteiger partial charge in [0.25, 0.3) is 0 Å². The molecule has 1 fully saturated rings. The number of halogens is 1. The molecule has 2 atom stereocenters. The van der Waals surface area contributed by atoms with Gasteiger partial charge in [0, 0.05) is 12.6 Å². The molecule has 2 unspecified atom stereocenters. The first kappa shape index (κ1) is 16.9. The Labute approximate surface area is 129 Å². The first-order valence-electron chi connectivity index (χ1n) is 6.96. The third kappa shape index (κ3) is 3.45. The third-order valence-electron chi connectivity index (χ3n) is 3.79. The van der Waals surface area contributed by atoms with Gasteiger partial charge in [-0.05, 0) is 31.0 Å². The quantitative estimate of drug-likeness (QED) is 0.801. The molecule has 0 bridgehead atoms. The van der Waals surface area contributed by atoms with Gasteiger partial charge >= 0.3 is 5.97 Å². The highest BCUT2D eigenvalue weighted by Crippen LogP contribution is 2.22. The van der Waals surface area contributed by atoms with Crippen LogP contribution in [0.2, 0.25) is 0 Å². The Kier molecular flexibility index (Phi) is 5.15. The number of ether oxygens (including phenoxy) is 1. The molecular formula is C14H19FN2O4S. The van der Waals surface area contributed by atoms with E-state index >= 15 is 0 Å². The van der Waals surface area contributed by atoms with E-state index in [0.717, 1.165) is 26.1 Å². The Morgan fingerprint density at radius 3 is 2.82 bits per heavy atom. The lowest BCUT2D eigenvalue weighted by molar-refractivity contribution is 0.0590. The van der Waals surface area contributed by atoms with Gasteiger partial charge in [0.1, 0.15) is 11.4 Å². The number of sulfonamides is 1.